The highest BCUT2D eigenvalue weighted by Gasteiger charge is 2.22. The molecule has 2 aromatic rings. The van der Waals surface area contributed by atoms with Crippen molar-refractivity contribution in [1.29, 1.82) is 0 Å². The van der Waals surface area contributed by atoms with E-state index in [-0.39, 0.29) is 0 Å². The van der Waals surface area contributed by atoms with Crippen molar-refractivity contribution in [3.63, 3.8) is 0 Å². The van der Waals surface area contributed by atoms with Gasteiger partial charge in [0.1, 0.15) is 11.5 Å². The van der Waals surface area contributed by atoms with Crippen molar-refractivity contribution in [2.75, 3.05) is 25.0 Å². The third-order valence-corrected chi connectivity index (χ3v) is 5.77. The van der Waals surface area contributed by atoms with Crippen LogP contribution in [0.25, 0.3) is 0 Å². The van der Waals surface area contributed by atoms with Gasteiger partial charge in [0.2, 0.25) is 0 Å². The molecule has 0 saturated carbocycles. The lowest BCUT2D eigenvalue weighted by molar-refractivity contribution is -0.136. The highest BCUT2D eigenvalue weighted by atomic mass is 16.3. The summed E-state index contributed by atoms with van der Waals surface area (Å²) in [7, 11) is 0. The van der Waals surface area contributed by atoms with Crippen molar-refractivity contribution >= 4 is 17.5 Å². The first-order valence-electron chi connectivity index (χ1n) is 10.3. The van der Waals surface area contributed by atoms with Crippen LogP contribution in [0, 0.1) is 33.6 Å². The fraction of sp³-hybridized carbons (Fsp3) is 0.478. The van der Waals surface area contributed by atoms with Gasteiger partial charge in [-0.05, 0) is 88.9 Å². The van der Waals surface area contributed by atoms with Crippen molar-refractivity contribution in [2.24, 2.45) is 5.92 Å². The van der Waals surface area contributed by atoms with Crippen LogP contribution in [0.1, 0.15) is 41.1 Å². The molecular weight excluding hydrogens is 366 g/mol. The topological polar surface area (TPSA) is 74.6 Å². The van der Waals surface area contributed by atoms with Crippen molar-refractivity contribution in [2.45, 2.75) is 47.1 Å². The van der Waals surface area contributed by atoms with Crippen LogP contribution in [0.5, 0.6) is 0 Å². The molecule has 2 N–H and O–H groups in total. The molecule has 1 saturated heterocycles. The van der Waals surface area contributed by atoms with Gasteiger partial charge in [-0.3, -0.25) is 14.5 Å². The lowest BCUT2D eigenvalue weighted by atomic mass is 9.96. The number of amides is 2. The first-order valence-corrected chi connectivity index (χ1v) is 10.3. The fourth-order valence-corrected chi connectivity index (χ4v) is 3.75. The first-order chi connectivity index (χ1) is 13.8. The van der Waals surface area contributed by atoms with Gasteiger partial charge in [-0.2, -0.15) is 0 Å². The van der Waals surface area contributed by atoms with Crippen LogP contribution < -0.4 is 10.6 Å². The molecule has 0 radical (unpaired) electrons. The van der Waals surface area contributed by atoms with Crippen molar-refractivity contribution in [3.8, 4) is 0 Å². The molecule has 0 aliphatic carbocycles. The third-order valence-electron chi connectivity index (χ3n) is 5.77. The predicted molar refractivity (Wildman–Crippen MR) is 114 cm³/mol. The largest absolute Gasteiger partial charge is 0.466 e. The minimum atomic E-state index is -0.614. The van der Waals surface area contributed by atoms with Crippen molar-refractivity contribution in [3.05, 3.63) is 52.5 Å². The van der Waals surface area contributed by atoms with Gasteiger partial charge < -0.3 is 15.1 Å². The number of furan rings is 1. The Morgan fingerprint density at radius 2 is 1.76 bits per heavy atom. The van der Waals surface area contributed by atoms with E-state index in [0.717, 1.165) is 55.1 Å². The van der Waals surface area contributed by atoms with Crippen molar-refractivity contribution in [1.82, 2.24) is 10.2 Å². The Balaban J connectivity index is 1.40. The summed E-state index contributed by atoms with van der Waals surface area (Å²) in [6.07, 6.45) is 2.02. The fourth-order valence-electron chi connectivity index (χ4n) is 3.75. The SMILES string of the molecule is Cc1cc(CN2CCC(CNC(=O)C(=O)Nc3ccc(C)c(C)c3)CC2)c(C)o1. The molecule has 0 unspecified atom stereocenters. The summed E-state index contributed by atoms with van der Waals surface area (Å²) >= 11 is 0. The molecule has 0 atom stereocenters. The molecule has 0 spiro atoms. The predicted octanol–water partition coefficient (Wildman–Crippen LogP) is 3.48. The summed E-state index contributed by atoms with van der Waals surface area (Å²) in [4.78, 5) is 26.7. The second-order valence-electron chi connectivity index (χ2n) is 8.12. The molecule has 156 valence electrons. The monoisotopic (exact) mass is 397 g/mol. The number of benzene rings is 1. The molecule has 6 heteroatoms. The zero-order chi connectivity index (χ0) is 21.0. The van der Waals surface area contributed by atoms with Crippen LogP contribution in [-0.4, -0.2) is 36.3 Å². The molecule has 29 heavy (non-hydrogen) atoms. The Kier molecular flexibility index (Phi) is 6.75. The Bertz CT molecular complexity index is 879. The van der Waals surface area contributed by atoms with Crippen LogP contribution in [-0.2, 0) is 16.1 Å². The summed E-state index contributed by atoms with van der Waals surface area (Å²) in [5.74, 6) is 1.16. The van der Waals surface area contributed by atoms with Gasteiger partial charge in [-0.25, -0.2) is 0 Å². The Morgan fingerprint density at radius 3 is 2.38 bits per heavy atom. The summed E-state index contributed by atoms with van der Waals surface area (Å²) in [5.41, 5.74) is 4.12. The lowest BCUT2D eigenvalue weighted by Gasteiger charge is -2.31. The van der Waals surface area contributed by atoms with Gasteiger partial charge in [0, 0.05) is 24.3 Å². The first kappa shape index (κ1) is 21.1. The third kappa shape index (κ3) is 5.70. The van der Waals surface area contributed by atoms with E-state index in [9.17, 15) is 9.59 Å². The van der Waals surface area contributed by atoms with Crippen LogP contribution >= 0.6 is 0 Å². The number of nitrogens with one attached hydrogen (secondary N) is 2. The zero-order valence-corrected chi connectivity index (χ0v) is 17.8. The molecule has 0 bridgehead atoms. The minimum absolute atomic E-state index is 0.400. The average Bonchev–Trinajstić information content (AvgIpc) is 3.00. The standard InChI is InChI=1S/C23H31N3O3/c1-15-5-6-21(11-16(15)2)25-23(28)22(27)24-13-19-7-9-26(10-8-19)14-20-12-17(3)29-18(20)4/h5-6,11-12,19H,7-10,13-14H2,1-4H3,(H,24,27)(H,25,28). The Hall–Kier alpha value is -2.60. The van der Waals surface area contributed by atoms with Gasteiger partial charge in [-0.1, -0.05) is 6.07 Å². The van der Waals surface area contributed by atoms with Gasteiger partial charge >= 0.3 is 11.8 Å². The van der Waals surface area contributed by atoms with E-state index >= 15 is 0 Å². The Morgan fingerprint density at radius 1 is 1.03 bits per heavy atom. The van der Waals surface area contributed by atoms with E-state index < -0.39 is 11.8 Å². The smallest absolute Gasteiger partial charge is 0.313 e. The molecule has 2 heterocycles. The average molecular weight is 398 g/mol. The number of piperidine rings is 1. The number of hydrogen-bond acceptors (Lipinski definition) is 4. The van der Waals surface area contributed by atoms with E-state index in [4.69, 9.17) is 4.42 Å². The van der Waals surface area contributed by atoms with Crippen LogP contribution in [0.2, 0.25) is 0 Å². The van der Waals surface area contributed by atoms with Crippen LogP contribution in [0.15, 0.2) is 28.7 Å². The molecular formula is C23H31N3O3. The van der Waals surface area contributed by atoms with Crippen molar-refractivity contribution < 1.29 is 14.0 Å². The van der Waals surface area contributed by atoms with E-state index in [1.54, 1.807) is 0 Å². The number of likely N-dealkylation sites (tertiary alicyclic amines) is 1. The van der Waals surface area contributed by atoms with Gasteiger partial charge in [0.15, 0.2) is 0 Å². The van der Waals surface area contributed by atoms with Gasteiger partial charge in [0.25, 0.3) is 0 Å². The second kappa shape index (κ2) is 9.27. The maximum absolute atomic E-state index is 12.1. The number of hydrogen-bond donors (Lipinski definition) is 2. The zero-order valence-electron chi connectivity index (χ0n) is 17.8. The van der Waals surface area contributed by atoms with E-state index in [1.807, 2.05) is 45.9 Å². The Labute approximate surface area is 172 Å². The van der Waals surface area contributed by atoms with Gasteiger partial charge in [-0.15, -0.1) is 0 Å². The highest BCUT2D eigenvalue weighted by Crippen LogP contribution is 2.21. The summed E-state index contributed by atoms with van der Waals surface area (Å²) in [6, 6.07) is 7.73. The maximum Gasteiger partial charge on any atom is 0.313 e. The van der Waals surface area contributed by atoms with E-state index in [0.29, 0.717) is 18.2 Å². The second-order valence-corrected chi connectivity index (χ2v) is 8.12. The van der Waals surface area contributed by atoms with Gasteiger partial charge in [0.05, 0.1) is 0 Å². The molecule has 6 nitrogen and oxygen atoms in total. The van der Waals surface area contributed by atoms with E-state index in [1.165, 1.54) is 5.56 Å². The number of carbonyl (C=O) groups excluding carboxylic acids is 2. The minimum Gasteiger partial charge on any atom is -0.466 e. The molecule has 1 fully saturated rings. The van der Waals surface area contributed by atoms with Crippen LogP contribution in [0.3, 0.4) is 0 Å². The molecule has 1 aromatic carbocycles. The summed E-state index contributed by atoms with van der Waals surface area (Å²) < 4.78 is 5.61. The summed E-state index contributed by atoms with van der Waals surface area (Å²) in [5, 5.41) is 5.46. The molecule has 3 rings (SSSR count). The molecule has 1 aromatic heterocycles. The number of rotatable bonds is 5. The van der Waals surface area contributed by atoms with Crippen LogP contribution in [0.4, 0.5) is 5.69 Å². The molecule has 1 aliphatic heterocycles. The number of carbonyl (C=O) groups is 2. The molecule has 1 aliphatic rings. The number of aryl methyl sites for hydroxylation is 4. The highest BCUT2D eigenvalue weighted by molar-refractivity contribution is 6.39. The summed E-state index contributed by atoms with van der Waals surface area (Å²) in [6.45, 7) is 11.4. The maximum atomic E-state index is 12.1. The quantitative estimate of drug-likeness (QED) is 0.758. The number of anilines is 1. The number of nitrogens with zero attached hydrogens (tertiary/aromatic N) is 1. The van der Waals surface area contributed by atoms with E-state index in [2.05, 4.69) is 21.6 Å². The lowest BCUT2D eigenvalue weighted by Crippen LogP contribution is -2.41. The normalized spacial score (nSPS) is 15.3. The molecule has 2 amide bonds.